The first kappa shape index (κ1) is 24.1. The van der Waals surface area contributed by atoms with Crippen molar-refractivity contribution in [3.05, 3.63) is 90.4 Å². The number of ether oxygens (including phenoxy) is 2. The highest BCUT2D eigenvalue weighted by Crippen LogP contribution is 2.35. The summed E-state index contributed by atoms with van der Waals surface area (Å²) in [5, 5.41) is 12.9. The van der Waals surface area contributed by atoms with E-state index in [1.54, 1.807) is 43.5 Å². The number of nitrogens with zero attached hydrogens (tertiary/aromatic N) is 1. The maximum atomic E-state index is 12.6. The lowest BCUT2D eigenvalue weighted by molar-refractivity contribution is -0.112. The highest BCUT2D eigenvalue weighted by Gasteiger charge is 2.14. The molecule has 0 saturated heterocycles. The van der Waals surface area contributed by atoms with Crippen LogP contribution >= 0.6 is 50.1 Å². The van der Waals surface area contributed by atoms with Crippen molar-refractivity contribution in [3.8, 4) is 17.6 Å². The van der Waals surface area contributed by atoms with E-state index in [0.717, 1.165) is 13.6 Å². The van der Waals surface area contributed by atoms with Gasteiger partial charge in [-0.1, -0.05) is 45.7 Å². The van der Waals surface area contributed by atoms with Crippen molar-refractivity contribution >= 4 is 67.8 Å². The Bertz CT molecular complexity index is 1210. The number of anilines is 1. The number of nitrogens with one attached hydrogen (secondary N) is 1. The highest BCUT2D eigenvalue weighted by molar-refractivity contribution is 14.1. The van der Waals surface area contributed by atoms with Crippen molar-refractivity contribution in [1.29, 1.82) is 5.26 Å². The summed E-state index contributed by atoms with van der Waals surface area (Å²) in [4.78, 5) is 12.6. The summed E-state index contributed by atoms with van der Waals surface area (Å²) in [5.41, 5.74) is 2.17. The molecule has 0 saturated carbocycles. The zero-order valence-electron chi connectivity index (χ0n) is 16.9. The van der Waals surface area contributed by atoms with Crippen LogP contribution in [0.15, 0.2) is 70.7 Å². The molecule has 3 aromatic carbocycles. The molecule has 0 aliphatic heterocycles. The molecule has 0 aliphatic carbocycles. The van der Waals surface area contributed by atoms with Crippen LogP contribution in [0.25, 0.3) is 6.08 Å². The first-order chi connectivity index (χ1) is 15.4. The first-order valence-corrected chi connectivity index (χ1v) is 11.6. The minimum Gasteiger partial charge on any atom is -0.493 e. The average Bonchev–Trinajstić information content (AvgIpc) is 2.77. The van der Waals surface area contributed by atoms with Gasteiger partial charge in [0.1, 0.15) is 18.2 Å². The standard InChI is InChI=1S/C24H17BrClIN2O3/c1-31-22-11-16(9-17(13-28)24(30)29-20-4-2-3-18(25)12-20)10-21(27)23(22)32-14-15-5-7-19(26)8-6-15/h2-12H,14H2,1H3,(H,29,30)/b17-9+. The highest BCUT2D eigenvalue weighted by atomic mass is 127. The Balaban J connectivity index is 1.81. The fraction of sp³-hybridized carbons (Fsp3) is 0.0833. The fourth-order valence-electron chi connectivity index (χ4n) is 2.78. The van der Waals surface area contributed by atoms with Crippen LogP contribution in [-0.2, 0) is 11.4 Å². The molecule has 32 heavy (non-hydrogen) atoms. The predicted octanol–water partition coefficient (Wildman–Crippen LogP) is 6.84. The Kier molecular flexibility index (Phi) is 8.56. The van der Waals surface area contributed by atoms with Gasteiger partial charge in [0.25, 0.3) is 5.91 Å². The van der Waals surface area contributed by atoms with Gasteiger partial charge in [-0.2, -0.15) is 5.26 Å². The van der Waals surface area contributed by atoms with E-state index in [9.17, 15) is 10.1 Å². The van der Waals surface area contributed by atoms with E-state index in [-0.39, 0.29) is 5.57 Å². The van der Waals surface area contributed by atoms with Crippen molar-refractivity contribution in [2.45, 2.75) is 6.61 Å². The van der Waals surface area contributed by atoms with Gasteiger partial charge in [0.2, 0.25) is 0 Å². The molecule has 0 aromatic heterocycles. The smallest absolute Gasteiger partial charge is 0.266 e. The summed E-state index contributed by atoms with van der Waals surface area (Å²) in [6, 6.07) is 20.0. The number of amides is 1. The molecule has 0 bridgehead atoms. The number of hydrogen-bond donors (Lipinski definition) is 1. The van der Waals surface area contributed by atoms with Gasteiger partial charge in [-0.3, -0.25) is 4.79 Å². The van der Waals surface area contributed by atoms with E-state index < -0.39 is 5.91 Å². The molecule has 1 amide bonds. The van der Waals surface area contributed by atoms with Crippen LogP contribution < -0.4 is 14.8 Å². The molecule has 8 heteroatoms. The van der Waals surface area contributed by atoms with Gasteiger partial charge in [-0.25, -0.2) is 0 Å². The number of hydrogen-bond acceptors (Lipinski definition) is 4. The van der Waals surface area contributed by atoms with Gasteiger partial charge < -0.3 is 14.8 Å². The minimum absolute atomic E-state index is 0.0299. The lowest BCUT2D eigenvalue weighted by Gasteiger charge is -2.14. The molecule has 0 heterocycles. The Morgan fingerprint density at radius 1 is 1.22 bits per heavy atom. The Morgan fingerprint density at radius 3 is 2.62 bits per heavy atom. The zero-order chi connectivity index (χ0) is 23.1. The van der Waals surface area contributed by atoms with E-state index in [1.807, 2.05) is 30.3 Å². The number of halogens is 3. The summed E-state index contributed by atoms with van der Waals surface area (Å²) in [6.07, 6.45) is 1.51. The number of rotatable bonds is 7. The molecule has 0 aliphatic rings. The molecule has 162 valence electrons. The average molecular weight is 624 g/mol. The second-order valence-electron chi connectivity index (χ2n) is 6.58. The molecule has 3 aromatic rings. The van der Waals surface area contributed by atoms with E-state index in [0.29, 0.717) is 34.4 Å². The molecule has 0 fully saturated rings. The van der Waals surface area contributed by atoms with Crippen LogP contribution in [-0.4, -0.2) is 13.0 Å². The molecule has 0 atom stereocenters. The Morgan fingerprint density at radius 2 is 1.97 bits per heavy atom. The van der Waals surface area contributed by atoms with E-state index >= 15 is 0 Å². The van der Waals surface area contributed by atoms with Crippen molar-refractivity contribution in [3.63, 3.8) is 0 Å². The van der Waals surface area contributed by atoms with E-state index in [4.69, 9.17) is 21.1 Å². The third-order valence-corrected chi connectivity index (χ3v) is 5.85. The quantitative estimate of drug-likeness (QED) is 0.178. The van der Waals surface area contributed by atoms with Crippen LogP contribution in [0.5, 0.6) is 11.5 Å². The summed E-state index contributed by atoms with van der Waals surface area (Å²) in [6.45, 7) is 0.344. The number of benzene rings is 3. The number of carbonyl (C=O) groups excluding carboxylic acids is 1. The van der Waals surface area contributed by atoms with Crippen LogP contribution in [0.2, 0.25) is 5.02 Å². The molecular weight excluding hydrogens is 607 g/mol. The van der Waals surface area contributed by atoms with Gasteiger partial charge in [0.15, 0.2) is 11.5 Å². The maximum Gasteiger partial charge on any atom is 0.266 e. The molecule has 1 N–H and O–H groups in total. The van der Waals surface area contributed by atoms with Gasteiger partial charge >= 0.3 is 0 Å². The molecular formula is C24H17BrClIN2O3. The Labute approximate surface area is 213 Å². The fourth-order valence-corrected chi connectivity index (χ4v) is 4.09. The van der Waals surface area contributed by atoms with Crippen molar-refractivity contribution in [1.82, 2.24) is 0 Å². The van der Waals surface area contributed by atoms with Crippen LogP contribution in [0.1, 0.15) is 11.1 Å². The number of carbonyl (C=O) groups is 1. The lowest BCUT2D eigenvalue weighted by Crippen LogP contribution is -2.13. The molecule has 0 unspecified atom stereocenters. The SMILES string of the molecule is COc1cc(/C=C(\C#N)C(=O)Nc2cccc(Br)c2)cc(I)c1OCc1ccc(Cl)cc1. The van der Waals surface area contributed by atoms with E-state index in [1.165, 1.54) is 6.08 Å². The largest absolute Gasteiger partial charge is 0.493 e. The minimum atomic E-state index is -0.498. The molecule has 0 spiro atoms. The van der Waals surface area contributed by atoms with Gasteiger partial charge in [-0.15, -0.1) is 0 Å². The predicted molar refractivity (Wildman–Crippen MR) is 138 cm³/mol. The summed E-state index contributed by atoms with van der Waals surface area (Å²) in [5.74, 6) is 0.585. The lowest BCUT2D eigenvalue weighted by atomic mass is 10.1. The topological polar surface area (TPSA) is 71.3 Å². The van der Waals surface area contributed by atoms with Crippen molar-refractivity contribution < 1.29 is 14.3 Å². The second-order valence-corrected chi connectivity index (χ2v) is 9.10. The number of nitriles is 1. The third kappa shape index (κ3) is 6.48. The molecule has 3 rings (SSSR count). The van der Waals surface area contributed by atoms with Gasteiger partial charge in [-0.05, 0) is 82.3 Å². The third-order valence-electron chi connectivity index (χ3n) is 4.31. The number of methoxy groups -OCH3 is 1. The van der Waals surface area contributed by atoms with Gasteiger partial charge in [0, 0.05) is 15.2 Å². The maximum absolute atomic E-state index is 12.6. The first-order valence-electron chi connectivity index (χ1n) is 9.33. The van der Waals surface area contributed by atoms with Crippen LogP contribution in [0.3, 0.4) is 0 Å². The summed E-state index contributed by atoms with van der Waals surface area (Å²) >= 11 is 11.4. The normalized spacial score (nSPS) is 10.9. The van der Waals surface area contributed by atoms with Crippen LogP contribution in [0, 0.1) is 14.9 Å². The Hall–Kier alpha value is -2.54. The summed E-state index contributed by atoms with van der Waals surface area (Å²) < 4.78 is 13.1. The summed E-state index contributed by atoms with van der Waals surface area (Å²) in [7, 11) is 1.54. The monoisotopic (exact) mass is 622 g/mol. The second kappa shape index (κ2) is 11.4. The van der Waals surface area contributed by atoms with Crippen molar-refractivity contribution in [2.24, 2.45) is 0 Å². The zero-order valence-corrected chi connectivity index (χ0v) is 21.4. The van der Waals surface area contributed by atoms with Crippen molar-refractivity contribution in [2.75, 3.05) is 12.4 Å². The van der Waals surface area contributed by atoms with Gasteiger partial charge in [0.05, 0.1) is 10.7 Å². The van der Waals surface area contributed by atoms with E-state index in [2.05, 4.69) is 43.8 Å². The molecule has 0 radical (unpaired) electrons. The molecule has 5 nitrogen and oxygen atoms in total. The van der Waals surface area contributed by atoms with Crippen LogP contribution in [0.4, 0.5) is 5.69 Å².